The van der Waals surface area contributed by atoms with E-state index >= 15 is 0 Å². The number of rotatable bonds is 3. The van der Waals surface area contributed by atoms with E-state index in [0.717, 1.165) is 18.0 Å². The van der Waals surface area contributed by atoms with Gasteiger partial charge in [0.25, 0.3) is 10.0 Å². The highest BCUT2D eigenvalue weighted by molar-refractivity contribution is 7.92. The summed E-state index contributed by atoms with van der Waals surface area (Å²) >= 11 is 0. The van der Waals surface area contributed by atoms with Gasteiger partial charge in [0.05, 0.1) is 23.0 Å². The Kier molecular flexibility index (Phi) is 2.42. The first kappa shape index (κ1) is 10.9. The Bertz CT molecular complexity index is 1110. The zero-order valence-electron chi connectivity index (χ0n) is 14.5. The molecule has 0 atom stereocenters. The normalized spacial score (nSPS) is 14.1. The van der Waals surface area contributed by atoms with Gasteiger partial charge in [-0.3, -0.25) is 9.40 Å². The fraction of sp³-hybridized carbons (Fsp3) is 0.143. The minimum absolute atomic E-state index is 0.253. The molecule has 0 bridgehead atoms. The van der Waals surface area contributed by atoms with Crippen molar-refractivity contribution < 1.29 is 12.5 Å². The predicted octanol–water partition coefficient (Wildman–Crippen LogP) is 1.88. The van der Waals surface area contributed by atoms with Crippen molar-refractivity contribution in [2.24, 2.45) is 6.98 Å². The summed E-state index contributed by atoms with van der Waals surface area (Å²) in [6, 6.07) is 5.31. The molecule has 0 saturated heterocycles. The number of fused-ring (bicyclic) bond motifs is 1. The van der Waals surface area contributed by atoms with Crippen molar-refractivity contribution >= 4 is 26.6 Å². The van der Waals surface area contributed by atoms with Crippen LogP contribution in [0, 0.1) is 18.3 Å². The molecule has 0 unspecified atom stereocenters. The van der Waals surface area contributed by atoms with Gasteiger partial charge in [-0.05, 0) is 18.6 Å². The second kappa shape index (κ2) is 4.89. The van der Waals surface area contributed by atoms with E-state index in [9.17, 15) is 8.42 Å². The van der Waals surface area contributed by atoms with Gasteiger partial charge in [0.2, 0.25) is 0 Å². The maximum atomic E-state index is 12.5. The first-order valence-electron chi connectivity index (χ1n) is 7.72. The van der Waals surface area contributed by atoms with Gasteiger partial charge in [0.15, 0.2) is 0 Å². The molecule has 0 aliphatic carbocycles. The van der Waals surface area contributed by atoms with Crippen LogP contribution in [0.3, 0.4) is 0 Å². The minimum Gasteiger partial charge on any atom is -0.358 e. The number of nitrogens with one attached hydrogen (secondary N) is 2. The lowest BCUT2D eigenvalue weighted by molar-refractivity contribution is 0.601. The number of aromatic nitrogens is 3. The SMILES string of the molecule is [2H]C([2H])([2H])n1cc(S(=O)(=O)Nc2ccc(C)c3c(C#N)c[nH]c23)cn1. The summed E-state index contributed by atoms with van der Waals surface area (Å²) < 4.78 is 49.8. The van der Waals surface area contributed by atoms with Crippen molar-refractivity contribution in [3.8, 4) is 6.07 Å². The van der Waals surface area contributed by atoms with Crippen molar-refractivity contribution in [1.29, 1.82) is 5.26 Å². The molecule has 0 saturated carbocycles. The highest BCUT2D eigenvalue weighted by Crippen LogP contribution is 2.29. The summed E-state index contributed by atoms with van der Waals surface area (Å²) in [7, 11) is -4.04. The third-order valence-corrected chi connectivity index (χ3v) is 4.60. The zero-order valence-corrected chi connectivity index (χ0v) is 12.3. The topological polar surface area (TPSA) is 104 Å². The average molecular weight is 318 g/mol. The van der Waals surface area contributed by atoms with Crippen molar-refractivity contribution in [3.63, 3.8) is 0 Å². The van der Waals surface area contributed by atoms with E-state index in [1.54, 1.807) is 12.1 Å². The molecule has 2 N–H and O–H groups in total. The van der Waals surface area contributed by atoms with Crippen LogP contribution in [-0.2, 0) is 17.0 Å². The number of hydrogen-bond acceptors (Lipinski definition) is 4. The number of aromatic amines is 1. The first-order chi connectivity index (χ1) is 11.6. The second-order valence-corrected chi connectivity index (χ2v) is 6.40. The molecule has 0 spiro atoms. The van der Waals surface area contributed by atoms with Crippen molar-refractivity contribution in [2.75, 3.05) is 4.72 Å². The number of sulfonamides is 1. The standard InChI is InChI=1S/C14H13N5O2S/c1-9-3-4-12(14-13(9)10(5-15)6-16-14)18-22(20,21)11-7-17-19(2)8-11/h3-4,6-8,16,18H,1-2H3/i2D3. The summed E-state index contributed by atoms with van der Waals surface area (Å²) in [6.07, 6.45) is 3.41. The van der Waals surface area contributed by atoms with Crippen LogP contribution < -0.4 is 4.72 Å². The molecule has 0 fully saturated rings. The maximum Gasteiger partial charge on any atom is 0.265 e. The van der Waals surface area contributed by atoms with Crippen molar-refractivity contribution in [1.82, 2.24) is 14.8 Å². The summed E-state index contributed by atoms with van der Waals surface area (Å²) in [5.74, 6) is 0. The Labute approximate surface area is 131 Å². The molecule has 3 aromatic rings. The smallest absolute Gasteiger partial charge is 0.265 e. The van der Waals surface area contributed by atoms with Gasteiger partial charge in [-0.15, -0.1) is 0 Å². The summed E-state index contributed by atoms with van der Waals surface area (Å²) in [5, 5.41) is 13.4. The van der Waals surface area contributed by atoms with Gasteiger partial charge >= 0.3 is 0 Å². The lowest BCUT2D eigenvalue weighted by Gasteiger charge is -2.08. The van der Waals surface area contributed by atoms with E-state index in [1.807, 2.05) is 13.0 Å². The molecular weight excluding hydrogens is 302 g/mol. The van der Waals surface area contributed by atoms with Crippen LogP contribution in [0.25, 0.3) is 10.9 Å². The van der Waals surface area contributed by atoms with E-state index in [2.05, 4.69) is 14.8 Å². The Morgan fingerprint density at radius 2 is 2.32 bits per heavy atom. The molecule has 22 heavy (non-hydrogen) atoms. The molecule has 0 aliphatic rings. The van der Waals surface area contributed by atoms with Crippen LogP contribution in [-0.4, -0.2) is 23.2 Å². The molecule has 7 nitrogen and oxygen atoms in total. The molecule has 0 radical (unpaired) electrons. The fourth-order valence-corrected chi connectivity index (χ4v) is 3.24. The Morgan fingerprint density at radius 1 is 1.50 bits per heavy atom. The Hall–Kier alpha value is -2.79. The summed E-state index contributed by atoms with van der Waals surface area (Å²) in [5.41, 5.74) is 1.96. The van der Waals surface area contributed by atoms with Gasteiger partial charge in [-0.2, -0.15) is 10.4 Å². The highest BCUT2D eigenvalue weighted by atomic mass is 32.2. The lowest BCUT2D eigenvalue weighted by atomic mass is 10.1. The van der Waals surface area contributed by atoms with Crippen LogP contribution in [0.2, 0.25) is 0 Å². The Balaban J connectivity index is 2.04. The molecule has 3 rings (SSSR count). The van der Waals surface area contributed by atoms with Crippen LogP contribution in [0.1, 0.15) is 15.2 Å². The molecule has 2 heterocycles. The molecule has 0 amide bonds. The summed E-state index contributed by atoms with van der Waals surface area (Å²) in [6.45, 7) is -0.748. The molecular formula is C14H13N5O2S. The van der Waals surface area contributed by atoms with Crippen molar-refractivity contribution in [3.05, 3.63) is 41.9 Å². The van der Waals surface area contributed by atoms with Gasteiger partial charge < -0.3 is 4.98 Å². The number of anilines is 1. The van der Waals surface area contributed by atoms with Crippen LogP contribution in [0.15, 0.2) is 35.6 Å². The third kappa shape index (κ3) is 2.21. The van der Waals surface area contributed by atoms with Crippen molar-refractivity contribution in [2.45, 2.75) is 11.8 Å². The van der Waals surface area contributed by atoms with E-state index in [0.29, 0.717) is 21.1 Å². The number of benzene rings is 1. The third-order valence-electron chi connectivity index (χ3n) is 3.28. The van der Waals surface area contributed by atoms with Gasteiger partial charge in [-0.1, -0.05) is 6.07 Å². The second-order valence-electron chi connectivity index (χ2n) is 4.72. The van der Waals surface area contributed by atoms with Gasteiger partial charge in [-0.25, -0.2) is 8.42 Å². The molecule has 112 valence electrons. The van der Waals surface area contributed by atoms with E-state index in [1.165, 1.54) is 6.20 Å². The molecule has 8 heteroatoms. The van der Waals surface area contributed by atoms with Gasteiger partial charge in [0, 0.05) is 28.9 Å². The van der Waals surface area contributed by atoms with E-state index in [-0.39, 0.29) is 10.6 Å². The van der Waals surface area contributed by atoms with Gasteiger partial charge in [0.1, 0.15) is 11.0 Å². The van der Waals surface area contributed by atoms with Crippen LogP contribution >= 0.6 is 0 Å². The lowest BCUT2D eigenvalue weighted by Crippen LogP contribution is -2.12. The first-order valence-corrected chi connectivity index (χ1v) is 7.70. The molecule has 0 aliphatic heterocycles. The monoisotopic (exact) mass is 318 g/mol. The number of H-pyrrole nitrogens is 1. The largest absolute Gasteiger partial charge is 0.358 e. The number of nitrogens with zero attached hydrogens (tertiary/aromatic N) is 3. The summed E-state index contributed by atoms with van der Waals surface area (Å²) in [4.78, 5) is 2.62. The molecule has 1 aromatic carbocycles. The highest BCUT2D eigenvalue weighted by Gasteiger charge is 2.19. The van der Waals surface area contributed by atoms with Crippen LogP contribution in [0.4, 0.5) is 5.69 Å². The maximum absolute atomic E-state index is 12.5. The number of hydrogen-bond donors (Lipinski definition) is 2. The minimum atomic E-state index is -4.04. The predicted molar refractivity (Wildman–Crippen MR) is 81.8 cm³/mol. The Morgan fingerprint density at radius 3 is 3.00 bits per heavy atom. The number of nitriles is 1. The fourth-order valence-electron chi connectivity index (χ4n) is 2.24. The number of aryl methyl sites for hydroxylation is 2. The molecule has 2 aromatic heterocycles. The van der Waals surface area contributed by atoms with E-state index in [4.69, 9.17) is 9.37 Å². The average Bonchev–Trinajstić information content (AvgIpc) is 3.16. The van der Waals surface area contributed by atoms with E-state index < -0.39 is 17.0 Å². The quantitative estimate of drug-likeness (QED) is 0.769. The zero-order chi connectivity index (χ0) is 18.4. The van der Waals surface area contributed by atoms with Crippen LogP contribution in [0.5, 0.6) is 0 Å².